The molecule has 2 aromatic carbocycles. The highest BCUT2D eigenvalue weighted by atomic mass is 16.4. The Morgan fingerprint density at radius 1 is 0.906 bits per heavy atom. The van der Waals surface area contributed by atoms with Crippen LogP contribution in [-0.4, -0.2) is 27.1 Å². The summed E-state index contributed by atoms with van der Waals surface area (Å²) in [6.07, 6.45) is 3.67. The van der Waals surface area contributed by atoms with E-state index in [1.54, 1.807) is 19.1 Å². The third-order valence-electron chi connectivity index (χ3n) is 5.85. The molecule has 0 bridgehead atoms. The predicted octanol–water partition coefficient (Wildman–Crippen LogP) is 5.37. The molecule has 0 aliphatic rings. The molecule has 1 atom stereocenters. The van der Waals surface area contributed by atoms with Gasteiger partial charge in [0.15, 0.2) is 0 Å². The first-order valence-electron chi connectivity index (χ1n) is 11.0. The molecule has 0 radical (unpaired) electrons. The minimum Gasteiger partial charge on any atom is -0.480 e. The second kappa shape index (κ2) is 9.43. The van der Waals surface area contributed by atoms with Crippen LogP contribution in [0.1, 0.15) is 62.2 Å². The largest absolute Gasteiger partial charge is 0.480 e. The van der Waals surface area contributed by atoms with Crippen LogP contribution in [0.2, 0.25) is 0 Å². The molecule has 1 unspecified atom stereocenters. The van der Waals surface area contributed by atoms with Crippen LogP contribution in [0.4, 0.5) is 0 Å². The Kier molecular flexibility index (Phi) is 6.87. The molecule has 168 valence electrons. The molecule has 0 aliphatic heterocycles. The fourth-order valence-electron chi connectivity index (χ4n) is 3.75. The Morgan fingerprint density at radius 2 is 1.56 bits per heavy atom. The monoisotopic (exact) mass is 432 g/mol. The van der Waals surface area contributed by atoms with Crippen molar-refractivity contribution in [3.63, 3.8) is 0 Å². The zero-order valence-corrected chi connectivity index (χ0v) is 19.3. The number of carboxylic acid groups (broad SMARTS) is 1. The highest BCUT2D eigenvalue weighted by molar-refractivity contribution is 5.97. The van der Waals surface area contributed by atoms with Crippen molar-refractivity contribution >= 4 is 11.9 Å². The van der Waals surface area contributed by atoms with Gasteiger partial charge in [-0.15, -0.1) is 0 Å². The molecule has 3 aromatic rings. The van der Waals surface area contributed by atoms with Crippen molar-refractivity contribution in [2.24, 2.45) is 0 Å². The molecule has 1 amide bonds. The van der Waals surface area contributed by atoms with Gasteiger partial charge in [0.05, 0.1) is 0 Å². The van der Waals surface area contributed by atoms with Gasteiger partial charge in [-0.2, -0.15) is 0 Å². The Labute approximate surface area is 190 Å². The number of hydrogen-bond donors (Lipinski definition) is 2. The summed E-state index contributed by atoms with van der Waals surface area (Å²) in [5.41, 5.74) is 2.40. The number of amides is 1. The van der Waals surface area contributed by atoms with Crippen molar-refractivity contribution in [3.8, 4) is 5.69 Å². The number of hydrogen-bond acceptors (Lipinski definition) is 2. The number of rotatable bonds is 8. The Hall–Kier alpha value is -3.34. The first kappa shape index (κ1) is 23.3. The summed E-state index contributed by atoms with van der Waals surface area (Å²) in [5.74, 6) is -1.40. The first-order valence-corrected chi connectivity index (χ1v) is 11.0. The second-order valence-electron chi connectivity index (χ2n) is 9.48. The number of para-hydroxylation sites is 1. The van der Waals surface area contributed by atoms with Crippen LogP contribution in [0.3, 0.4) is 0 Å². The van der Waals surface area contributed by atoms with E-state index in [1.807, 2.05) is 60.8 Å². The van der Waals surface area contributed by atoms with E-state index < -0.39 is 11.5 Å². The molecule has 1 aromatic heterocycles. The smallest absolute Gasteiger partial charge is 0.329 e. The van der Waals surface area contributed by atoms with Gasteiger partial charge in [-0.25, -0.2) is 4.79 Å². The molecule has 5 nitrogen and oxygen atoms in total. The first-order chi connectivity index (χ1) is 15.1. The van der Waals surface area contributed by atoms with Crippen molar-refractivity contribution < 1.29 is 14.7 Å². The number of carbonyl (C=O) groups is 2. The van der Waals surface area contributed by atoms with E-state index in [2.05, 4.69) is 30.7 Å². The summed E-state index contributed by atoms with van der Waals surface area (Å²) in [6.45, 7) is 7.90. The molecule has 0 saturated carbocycles. The van der Waals surface area contributed by atoms with Crippen LogP contribution in [0.25, 0.3) is 5.69 Å². The van der Waals surface area contributed by atoms with Crippen molar-refractivity contribution in [1.29, 1.82) is 0 Å². The summed E-state index contributed by atoms with van der Waals surface area (Å²) < 4.78 is 2.10. The van der Waals surface area contributed by atoms with Crippen molar-refractivity contribution in [2.75, 3.05) is 0 Å². The maximum atomic E-state index is 12.8. The number of carbonyl (C=O) groups excluding carboxylic acids is 1. The molecule has 0 fully saturated rings. The van der Waals surface area contributed by atoms with Crippen molar-refractivity contribution in [3.05, 3.63) is 89.7 Å². The van der Waals surface area contributed by atoms with Gasteiger partial charge in [0.1, 0.15) is 5.54 Å². The molecule has 0 aliphatic carbocycles. The fourth-order valence-corrected chi connectivity index (χ4v) is 3.75. The number of aromatic nitrogens is 1. The summed E-state index contributed by atoms with van der Waals surface area (Å²) in [4.78, 5) is 24.8. The van der Waals surface area contributed by atoms with Gasteiger partial charge in [0.25, 0.3) is 5.91 Å². The average molecular weight is 433 g/mol. The number of nitrogens with one attached hydrogen (secondary N) is 1. The van der Waals surface area contributed by atoms with Gasteiger partial charge in [0.2, 0.25) is 0 Å². The van der Waals surface area contributed by atoms with Gasteiger partial charge in [-0.3, -0.25) is 4.79 Å². The summed E-state index contributed by atoms with van der Waals surface area (Å²) in [6, 6.07) is 21.4. The summed E-state index contributed by atoms with van der Waals surface area (Å²) in [7, 11) is 0. The zero-order chi connectivity index (χ0) is 23.4. The van der Waals surface area contributed by atoms with Crippen LogP contribution >= 0.6 is 0 Å². The van der Waals surface area contributed by atoms with Crippen LogP contribution in [0.5, 0.6) is 0 Å². The molecule has 5 heteroatoms. The number of nitrogens with zero attached hydrogens (tertiary/aromatic N) is 1. The molecule has 2 N–H and O–H groups in total. The maximum absolute atomic E-state index is 12.8. The number of aliphatic carboxylic acids is 1. The second-order valence-corrected chi connectivity index (χ2v) is 9.48. The Balaban J connectivity index is 1.66. The van der Waals surface area contributed by atoms with Crippen LogP contribution in [0, 0.1) is 0 Å². The molecular formula is C27H32N2O3. The van der Waals surface area contributed by atoms with E-state index in [9.17, 15) is 14.7 Å². The van der Waals surface area contributed by atoms with E-state index in [0.717, 1.165) is 16.9 Å². The lowest BCUT2D eigenvalue weighted by Crippen LogP contribution is -2.52. The van der Waals surface area contributed by atoms with Gasteiger partial charge in [0, 0.05) is 23.1 Å². The predicted molar refractivity (Wildman–Crippen MR) is 127 cm³/mol. The SMILES string of the molecule is CC(CCCc1cccn1-c1ccccc1)(NC(=O)c1ccc(C(C)(C)C)cc1)C(=O)O. The van der Waals surface area contributed by atoms with Crippen molar-refractivity contribution in [2.45, 2.75) is 57.9 Å². The van der Waals surface area contributed by atoms with Gasteiger partial charge >= 0.3 is 5.97 Å². The van der Waals surface area contributed by atoms with Gasteiger partial charge < -0.3 is 15.0 Å². The maximum Gasteiger partial charge on any atom is 0.329 e. The average Bonchev–Trinajstić information content (AvgIpc) is 3.22. The molecular weight excluding hydrogens is 400 g/mol. The molecule has 1 heterocycles. The third kappa shape index (κ3) is 5.47. The standard InChI is InChI=1S/C27H32N2O3/c1-26(2,3)21-16-14-20(15-17-21)24(30)28-27(4,25(31)32)18-8-12-23-13-9-19-29(23)22-10-6-5-7-11-22/h5-7,9-11,13-17,19H,8,12,18H2,1-4H3,(H,28,30)(H,31,32). The summed E-state index contributed by atoms with van der Waals surface area (Å²) >= 11 is 0. The molecule has 3 rings (SSSR count). The lowest BCUT2D eigenvalue weighted by atomic mass is 9.86. The Morgan fingerprint density at radius 3 is 2.16 bits per heavy atom. The van der Waals surface area contributed by atoms with E-state index in [4.69, 9.17) is 0 Å². The van der Waals surface area contributed by atoms with Gasteiger partial charge in [-0.05, 0) is 73.6 Å². The quantitative estimate of drug-likeness (QED) is 0.503. The minimum absolute atomic E-state index is 0.0119. The molecule has 0 spiro atoms. The normalized spacial score (nSPS) is 13.4. The van der Waals surface area contributed by atoms with E-state index in [1.165, 1.54) is 0 Å². The van der Waals surface area contributed by atoms with E-state index in [0.29, 0.717) is 24.8 Å². The lowest BCUT2D eigenvalue weighted by Gasteiger charge is -2.27. The highest BCUT2D eigenvalue weighted by Crippen LogP contribution is 2.23. The van der Waals surface area contributed by atoms with Crippen LogP contribution < -0.4 is 5.32 Å². The zero-order valence-electron chi connectivity index (χ0n) is 19.3. The number of carboxylic acids is 1. The number of benzene rings is 2. The minimum atomic E-state index is -1.34. The van der Waals surface area contributed by atoms with Crippen molar-refractivity contribution in [1.82, 2.24) is 9.88 Å². The fraction of sp³-hybridized carbons (Fsp3) is 0.333. The number of aryl methyl sites for hydroxylation is 1. The molecule has 0 saturated heterocycles. The van der Waals surface area contributed by atoms with E-state index in [-0.39, 0.29) is 11.3 Å². The Bertz CT molecular complexity index is 1060. The third-order valence-corrected chi connectivity index (χ3v) is 5.85. The van der Waals surface area contributed by atoms with Crippen LogP contribution in [0.15, 0.2) is 72.9 Å². The lowest BCUT2D eigenvalue weighted by molar-refractivity contribution is -0.144. The summed E-state index contributed by atoms with van der Waals surface area (Å²) in [5, 5.41) is 12.6. The van der Waals surface area contributed by atoms with E-state index >= 15 is 0 Å². The van der Waals surface area contributed by atoms with Crippen LogP contribution in [-0.2, 0) is 16.6 Å². The van der Waals surface area contributed by atoms with Gasteiger partial charge in [-0.1, -0.05) is 51.1 Å². The molecule has 32 heavy (non-hydrogen) atoms. The highest BCUT2D eigenvalue weighted by Gasteiger charge is 2.34. The topological polar surface area (TPSA) is 71.3 Å².